The molecule has 0 saturated heterocycles. The summed E-state index contributed by atoms with van der Waals surface area (Å²) in [4.78, 5) is 0. The zero-order valence-corrected chi connectivity index (χ0v) is 5.08. The molecule has 0 fully saturated rings. The van der Waals surface area contributed by atoms with Crippen LogP contribution < -0.4 is 0 Å². The fourth-order valence-corrected chi connectivity index (χ4v) is 0. The summed E-state index contributed by atoms with van der Waals surface area (Å²) in [6.45, 7) is 0. The molecular weight excluding hydrogens is 140 g/mol. The lowest BCUT2D eigenvalue weighted by Crippen LogP contribution is -2.02. The average Bonchev–Trinajstić information content (AvgIpc) is 1.31. The third kappa shape index (κ3) is 2.72. The van der Waals surface area contributed by atoms with Crippen molar-refractivity contribution in [2.24, 2.45) is 0 Å². The third-order valence-corrected chi connectivity index (χ3v) is 2.22. The van der Waals surface area contributed by atoms with E-state index in [4.69, 9.17) is 0 Å². The van der Waals surface area contributed by atoms with Gasteiger partial charge in [0.2, 0.25) is 8.87 Å². The molecule has 7 heavy (non-hydrogen) atoms. The molecule has 0 aromatic carbocycles. The molecule has 6 heteroatoms. The van der Waals surface area contributed by atoms with Gasteiger partial charge in [-0.25, -0.2) is 8.42 Å². The topological polar surface area (TPSA) is 74.3 Å². The minimum Gasteiger partial charge on any atom is -0.760 e. The van der Waals surface area contributed by atoms with E-state index in [0.717, 1.165) is 0 Å². The van der Waals surface area contributed by atoms with Gasteiger partial charge in [0, 0.05) is 0 Å². The maximum atomic E-state index is 9.72. The Bertz CT molecular complexity index is 164. The summed E-state index contributed by atoms with van der Waals surface area (Å²) in [7, 11) is -6.78. The van der Waals surface area contributed by atoms with Crippen molar-refractivity contribution in [1.29, 1.82) is 0 Å². The van der Waals surface area contributed by atoms with Crippen LogP contribution in [0.5, 0.6) is 0 Å². The number of rotatable bonds is 1. The molecule has 44 valence electrons. The predicted octanol–water partition coefficient (Wildman–Crippen LogP) is -1.17. The lowest BCUT2D eigenvalue weighted by atomic mass is 12.0. The quantitative estimate of drug-likeness (QED) is 0.342. The van der Waals surface area contributed by atoms with Gasteiger partial charge in [-0.3, -0.25) is 4.21 Å². The van der Waals surface area contributed by atoms with Gasteiger partial charge < -0.3 is 4.55 Å². The summed E-state index contributed by atoms with van der Waals surface area (Å²) in [5.74, 6) is 0. The van der Waals surface area contributed by atoms with Crippen molar-refractivity contribution in [3.63, 3.8) is 0 Å². The molecule has 1 atom stereocenters. The van der Waals surface area contributed by atoms with E-state index in [9.17, 15) is 17.2 Å². The van der Waals surface area contributed by atoms with Crippen LogP contribution in [0, 0.1) is 0 Å². The van der Waals surface area contributed by atoms with Crippen molar-refractivity contribution >= 4 is 19.0 Å². The molecule has 0 aliphatic carbocycles. The molecule has 0 spiro atoms. The van der Waals surface area contributed by atoms with Crippen LogP contribution in [0.1, 0.15) is 0 Å². The Labute approximate surface area is 43.1 Å². The molecule has 0 bridgehead atoms. The van der Waals surface area contributed by atoms with Gasteiger partial charge in [0.15, 0.2) is 0 Å². The average molecular weight is 143 g/mol. The predicted molar refractivity (Wildman–Crippen MR) is 23.8 cm³/mol. The normalized spacial score (nSPS) is 16.3. The molecule has 0 aliphatic rings. The van der Waals surface area contributed by atoms with Crippen molar-refractivity contribution in [1.82, 2.24) is 0 Å². The number of hydrogen-bond donors (Lipinski definition) is 0. The Balaban J connectivity index is 4.43. The van der Waals surface area contributed by atoms with E-state index in [0.29, 0.717) is 6.26 Å². The molecule has 4 nitrogen and oxygen atoms in total. The van der Waals surface area contributed by atoms with Crippen LogP contribution in [0.3, 0.4) is 0 Å². The molecule has 0 aromatic heterocycles. The van der Waals surface area contributed by atoms with E-state index < -0.39 is 19.0 Å². The minimum atomic E-state index is -3.82. The van der Waals surface area contributed by atoms with Crippen LogP contribution in [-0.4, -0.2) is 23.4 Å². The molecule has 0 N–H and O–H groups in total. The fraction of sp³-hybridized carbons (Fsp3) is 1.00. The second-order valence-corrected chi connectivity index (χ2v) is 5.36. The van der Waals surface area contributed by atoms with Gasteiger partial charge in [-0.1, -0.05) is 0 Å². The Hall–Kier alpha value is 0.0600. The molecular formula is CH3O4S2-. The van der Waals surface area contributed by atoms with E-state index in [1.807, 2.05) is 0 Å². The maximum Gasteiger partial charge on any atom is 0.214 e. The smallest absolute Gasteiger partial charge is 0.214 e. The third-order valence-electron chi connectivity index (χ3n) is 0.247. The van der Waals surface area contributed by atoms with Crippen LogP contribution in [-0.2, 0) is 19.0 Å². The molecule has 0 aliphatic heterocycles. The SMILES string of the molecule is CS(=O)(=O)S(=O)[O-]. The van der Waals surface area contributed by atoms with Crippen molar-refractivity contribution in [3.05, 3.63) is 0 Å². The van der Waals surface area contributed by atoms with Gasteiger partial charge in [-0.2, -0.15) is 0 Å². The zero-order chi connectivity index (χ0) is 6.08. The Morgan fingerprint density at radius 3 is 1.71 bits per heavy atom. The van der Waals surface area contributed by atoms with Crippen LogP contribution in [0.15, 0.2) is 0 Å². The standard InChI is InChI=1S/CH4O4S2/c1-7(4,5)6(2)3/h1H3,(H,2,3)/p-1. The highest BCUT2D eigenvalue weighted by Gasteiger charge is 1.96. The molecule has 0 radical (unpaired) electrons. The highest BCUT2D eigenvalue weighted by Crippen LogP contribution is 1.83. The first kappa shape index (κ1) is 7.06. The molecule has 1 unspecified atom stereocenters. The zero-order valence-electron chi connectivity index (χ0n) is 3.45. The summed E-state index contributed by atoms with van der Waals surface area (Å²) in [6, 6.07) is 0. The van der Waals surface area contributed by atoms with Gasteiger partial charge >= 0.3 is 0 Å². The van der Waals surface area contributed by atoms with Gasteiger partial charge in [0.25, 0.3) is 0 Å². The van der Waals surface area contributed by atoms with E-state index in [1.54, 1.807) is 0 Å². The van der Waals surface area contributed by atoms with Crippen molar-refractivity contribution < 1.29 is 17.2 Å². The van der Waals surface area contributed by atoms with Gasteiger partial charge in [0.1, 0.15) is 0 Å². The van der Waals surface area contributed by atoms with Gasteiger partial charge in [0.05, 0.1) is 16.4 Å². The first-order valence-electron chi connectivity index (χ1n) is 1.24. The lowest BCUT2D eigenvalue weighted by Gasteiger charge is -1.96. The van der Waals surface area contributed by atoms with E-state index in [2.05, 4.69) is 0 Å². The van der Waals surface area contributed by atoms with Crippen molar-refractivity contribution in [3.8, 4) is 0 Å². The van der Waals surface area contributed by atoms with Crippen LogP contribution in [0.25, 0.3) is 0 Å². The molecule has 0 aromatic rings. The largest absolute Gasteiger partial charge is 0.760 e. The number of hydrogen-bond acceptors (Lipinski definition) is 4. The summed E-state index contributed by atoms with van der Waals surface area (Å²) >= 11 is 0. The Kier molecular flexibility index (Phi) is 1.91. The van der Waals surface area contributed by atoms with E-state index in [1.165, 1.54) is 0 Å². The van der Waals surface area contributed by atoms with Gasteiger partial charge in [-0.05, 0) is 0 Å². The second kappa shape index (κ2) is 1.89. The highest BCUT2D eigenvalue weighted by atomic mass is 33.2. The Morgan fingerprint density at radius 1 is 1.57 bits per heavy atom. The molecule has 0 saturated carbocycles. The van der Waals surface area contributed by atoms with Crippen LogP contribution >= 0.6 is 0 Å². The van der Waals surface area contributed by atoms with Crippen LogP contribution in [0.4, 0.5) is 0 Å². The lowest BCUT2D eigenvalue weighted by molar-refractivity contribution is 0.541. The second-order valence-electron chi connectivity index (χ2n) is 0.908. The first-order valence-corrected chi connectivity index (χ1v) is 4.72. The first-order chi connectivity index (χ1) is 2.94. The van der Waals surface area contributed by atoms with Crippen molar-refractivity contribution in [2.45, 2.75) is 0 Å². The molecule has 0 rings (SSSR count). The van der Waals surface area contributed by atoms with Crippen LogP contribution in [0.2, 0.25) is 0 Å². The van der Waals surface area contributed by atoms with Gasteiger partial charge in [-0.15, -0.1) is 0 Å². The monoisotopic (exact) mass is 143 g/mol. The molecule has 0 heterocycles. The van der Waals surface area contributed by atoms with E-state index >= 15 is 0 Å². The summed E-state index contributed by atoms with van der Waals surface area (Å²) in [5, 5.41) is 0. The summed E-state index contributed by atoms with van der Waals surface area (Å²) in [5.41, 5.74) is 0. The summed E-state index contributed by atoms with van der Waals surface area (Å²) in [6.07, 6.45) is 0.621. The fourth-order valence-electron chi connectivity index (χ4n) is 0. The van der Waals surface area contributed by atoms with Crippen molar-refractivity contribution in [2.75, 3.05) is 6.26 Å². The minimum absolute atomic E-state index is 0.621. The molecule has 0 amide bonds. The van der Waals surface area contributed by atoms with E-state index in [-0.39, 0.29) is 0 Å². The Morgan fingerprint density at radius 2 is 1.71 bits per heavy atom. The highest BCUT2D eigenvalue weighted by molar-refractivity contribution is 8.61. The maximum absolute atomic E-state index is 9.72. The summed E-state index contributed by atoms with van der Waals surface area (Å²) < 4.78 is 38.3.